The van der Waals surface area contributed by atoms with Crippen LogP contribution in [-0.4, -0.2) is 9.97 Å². The number of hydrogen-bond acceptors (Lipinski definition) is 4. The van der Waals surface area contributed by atoms with E-state index >= 15 is 0 Å². The molecule has 2 rings (SSSR count). The lowest BCUT2D eigenvalue weighted by Gasteiger charge is -1.89. The van der Waals surface area contributed by atoms with Gasteiger partial charge in [-0.05, 0) is 31.0 Å². The maximum absolute atomic E-state index is 4.91. The molecule has 0 aliphatic rings. The highest BCUT2D eigenvalue weighted by atomic mass is 79.9. The van der Waals surface area contributed by atoms with Gasteiger partial charge in [0, 0.05) is 10.7 Å². The van der Waals surface area contributed by atoms with Crippen molar-refractivity contribution in [1.82, 2.24) is 9.97 Å². The Morgan fingerprint density at radius 3 is 3.18 bits per heavy atom. The highest BCUT2D eigenvalue weighted by Crippen LogP contribution is 2.22. The number of halogens is 1. The van der Waals surface area contributed by atoms with Crippen molar-refractivity contribution < 1.29 is 0 Å². The molecule has 0 aromatic carbocycles. The zero-order valence-electron chi connectivity index (χ0n) is 5.24. The summed E-state index contributed by atoms with van der Waals surface area (Å²) in [6, 6.07) is 1.97. The second-order valence-corrected chi connectivity index (χ2v) is 4.55. The smallest absolute Gasteiger partial charge is 0.149 e. The Morgan fingerprint density at radius 1 is 1.55 bits per heavy atom. The molecule has 0 radical (unpaired) electrons. The molecule has 0 unspecified atom stereocenters. The zero-order chi connectivity index (χ0) is 7.84. The monoisotopic (exact) mass is 245 g/mol. The van der Waals surface area contributed by atoms with Crippen LogP contribution in [0.3, 0.4) is 0 Å². The van der Waals surface area contributed by atoms with Gasteiger partial charge < -0.3 is 24.0 Å². The number of nitrogens with zero attached hydrogens (tertiary/aromatic N) is 2. The third kappa shape index (κ3) is 1.36. The summed E-state index contributed by atoms with van der Waals surface area (Å²) >= 11 is 9.71. The second-order valence-electron chi connectivity index (χ2n) is 1.96. The first-order chi connectivity index (χ1) is 5.25. The van der Waals surface area contributed by atoms with Gasteiger partial charge in [0.15, 0.2) is 0 Å². The molecule has 56 valence electrons. The summed E-state index contributed by atoms with van der Waals surface area (Å²) < 4.78 is 2.64. The third-order valence-electron chi connectivity index (χ3n) is 1.19. The normalized spacial score (nSPS) is 10.6. The van der Waals surface area contributed by atoms with Gasteiger partial charge in [0.25, 0.3) is 0 Å². The SMILES string of the molecule is [S-]c1nc2ncc(Br)cc2s1. The molecule has 0 atom stereocenters. The van der Waals surface area contributed by atoms with Crippen molar-refractivity contribution in [3.05, 3.63) is 16.7 Å². The molecule has 2 nitrogen and oxygen atoms in total. The van der Waals surface area contributed by atoms with Crippen LogP contribution in [0.2, 0.25) is 0 Å². The van der Waals surface area contributed by atoms with E-state index in [0.717, 1.165) is 14.8 Å². The van der Waals surface area contributed by atoms with Crippen molar-refractivity contribution in [3.8, 4) is 0 Å². The van der Waals surface area contributed by atoms with Crippen LogP contribution in [0.5, 0.6) is 0 Å². The standard InChI is InChI=1S/C6H3BrN2S2/c7-3-1-4-5(8-2-3)9-6(10)11-4/h1-2H,(H,8,9,10)/p-1. The van der Waals surface area contributed by atoms with Gasteiger partial charge in [-0.15, -0.1) is 0 Å². The number of hydrogen-bond donors (Lipinski definition) is 0. The molecule has 2 aromatic heterocycles. The molecule has 0 saturated carbocycles. The zero-order valence-corrected chi connectivity index (χ0v) is 8.46. The molecule has 0 N–H and O–H groups in total. The Hall–Kier alpha value is -0.260. The minimum Gasteiger partial charge on any atom is -0.408 e. The molecule has 2 heterocycles. The van der Waals surface area contributed by atoms with Crippen LogP contribution in [-0.2, 0) is 12.6 Å². The van der Waals surface area contributed by atoms with Crippen LogP contribution in [0.15, 0.2) is 21.1 Å². The fraction of sp³-hybridized carbons (Fsp3) is 0. The number of rotatable bonds is 0. The Morgan fingerprint density at radius 2 is 2.36 bits per heavy atom. The topological polar surface area (TPSA) is 25.8 Å². The van der Waals surface area contributed by atoms with E-state index in [2.05, 4.69) is 25.9 Å². The molecule has 0 fully saturated rings. The molecule has 11 heavy (non-hydrogen) atoms. The lowest BCUT2D eigenvalue weighted by atomic mass is 10.5. The van der Waals surface area contributed by atoms with Gasteiger partial charge in [-0.3, -0.25) is 0 Å². The van der Waals surface area contributed by atoms with Crippen molar-refractivity contribution in [2.75, 3.05) is 0 Å². The van der Waals surface area contributed by atoms with E-state index < -0.39 is 0 Å². The lowest BCUT2D eigenvalue weighted by molar-refractivity contribution is 1.24. The summed E-state index contributed by atoms with van der Waals surface area (Å²) in [6.07, 6.45) is 1.72. The largest absolute Gasteiger partial charge is 0.408 e. The van der Waals surface area contributed by atoms with Gasteiger partial charge in [-0.1, -0.05) is 0 Å². The number of thiazole rings is 1. The second kappa shape index (κ2) is 2.66. The summed E-state index contributed by atoms with van der Waals surface area (Å²) in [5.41, 5.74) is 0.739. The highest BCUT2D eigenvalue weighted by molar-refractivity contribution is 9.10. The number of pyridine rings is 1. The van der Waals surface area contributed by atoms with Gasteiger partial charge in [0.1, 0.15) is 5.65 Å². The van der Waals surface area contributed by atoms with Crippen molar-refractivity contribution in [2.24, 2.45) is 0 Å². The first kappa shape index (κ1) is 7.39. The molecule has 0 amide bonds. The van der Waals surface area contributed by atoms with Crippen LogP contribution < -0.4 is 0 Å². The van der Waals surface area contributed by atoms with E-state index in [-0.39, 0.29) is 0 Å². The Labute approximate surface area is 81.2 Å². The quantitative estimate of drug-likeness (QED) is 0.667. The minimum atomic E-state index is 0.644. The summed E-state index contributed by atoms with van der Waals surface area (Å²) in [5.74, 6) is 0. The van der Waals surface area contributed by atoms with E-state index in [9.17, 15) is 0 Å². The first-order valence-electron chi connectivity index (χ1n) is 2.85. The van der Waals surface area contributed by atoms with Gasteiger partial charge >= 0.3 is 0 Å². The molecule has 0 spiro atoms. The molecule has 0 saturated heterocycles. The van der Waals surface area contributed by atoms with E-state index in [4.69, 9.17) is 12.6 Å². The fourth-order valence-corrected chi connectivity index (χ4v) is 2.31. The summed E-state index contributed by atoms with van der Waals surface area (Å²) in [7, 11) is 0. The molecule has 0 aliphatic carbocycles. The Kier molecular flexibility index (Phi) is 1.78. The van der Waals surface area contributed by atoms with E-state index in [1.165, 1.54) is 11.3 Å². The maximum atomic E-state index is 4.91. The van der Waals surface area contributed by atoms with Crippen LogP contribution >= 0.6 is 27.3 Å². The molecule has 2 aromatic rings. The van der Waals surface area contributed by atoms with Gasteiger partial charge in [0.2, 0.25) is 0 Å². The number of aromatic nitrogens is 2. The molecular formula is C6H2BrN2S2-. The van der Waals surface area contributed by atoms with Crippen molar-refractivity contribution in [2.45, 2.75) is 4.34 Å². The van der Waals surface area contributed by atoms with Crippen molar-refractivity contribution in [3.63, 3.8) is 0 Å². The predicted octanol–water partition coefficient (Wildman–Crippen LogP) is 2.36. The van der Waals surface area contributed by atoms with Crippen LogP contribution in [0.4, 0.5) is 0 Å². The molecule has 0 bridgehead atoms. The predicted molar refractivity (Wildman–Crippen MR) is 50.7 cm³/mol. The summed E-state index contributed by atoms with van der Waals surface area (Å²) in [6.45, 7) is 0. The van der Waals surface area contributed by atoms with E-state index in [1.54, 1.807) is 6.20 Å². The average Bonchev–Trinajstić information content (AvgIpc) is 2.27. The van der Waals surface area contributed by atoms with Crippen molar-refractivity contribution >= 4 is 50.2 Å². The van der Waals surface area contributed by atoms with Gasteiger partial charge in [-0.2, -0.15) is 0 Å². The Balaban J connectivity index is 2.82. The fourth-order valence-electron chi connectivity index (χ4n) is 0.776. The lowest BCUT2D eigenvalue weighted by Crippen LogP contribution is -1.74. The van der Waals surface area contributed by atoms with E-state index in [1.807, 2.05) is 6.07 Å². The molecule has 5 heteroatoms. The number of fused-ring (bicyclic) bond motifs is 1. The van der Waals surface area contributed by atoms with E-state index in [0.29, 0.717) is 4.34 Å². The third-order valence-corrected chi connectivity index (χ3v) is 2.76. The van der Waals surface area contributed by atoms with Crippen LogP contribution in [0.25, 0.3) is 10.3 Å². The first-order valence-corrected chi connectivity index (χ1v) is 4.86. The molecule has 0 aliphatic heterocycles. The highest BCUT2D eigenvalue weighted by Gasteiger charge is 1.93. The summed E-state index contributed by atoms with van der Waals surface area (Å²) in [4.78, 5) is 8.14. The van der Waals surface area contributed by atoms with Gasteiger partial charge in [-0.25, -0.2) is 9.97 Å². The van der Waals surface area contributed by atoms with Gasteiger partial charge in [0.05, 0.1) is 0 Å². The minimum absolute atomic E-state index is 0.644. The van der Waals surface area contributed by atoms with Crippen LogP contribution in [0, 0.1) is 0 Å². The average molecular weight is 246 g/mol. The van der Waals surface area contributed by atoms with Crippen molar-refractivity contribution in [1.29, 1.82) is 0 Å². The summed E-state index contributed by atoms with van der Waals surface area (Å²) in [5, 5.41) is 0. The molecular weight excluding hydrogens is 244 g/mol. The maximum Gasteiger partial charge on any atom is 0.149 e. The van der Waals surface area contributed by atoms with Crippen LogP contribution in [0.1, 0.15) is 0 Å². The Bertz CT molecular complexity index is 398.